The average molecular weight is 964 g/mol. The van der Waals surface area contributed by atoms with Crippen LogP contribution in [0.3, 0.4) is 0 Å². The molecular formula is C38H69N13O14S. The Hall–Kier alpha value is -5.84. The molecule has 0 fully saturated rings. The summed E-state index contributed by atoms with van der Waals surface area (Å²) < 4.78 is 0. The predicted molar refractivity (Wildman–Crippen MR) is 240 cm³/mol. The lowest BCUT2D eigenvalue weighted by Gasteiger charge is -2.29. The van der Waals surface area contributed by atoms with Gasteiger partial charge in [0.25, 0.3) is 0 Å². The van der Waals surface area contributed by atoms with Gasteiger partial charge in [0.15, 0.2) is 5.96 Å². The van der Waals surface area contributed by atoms with Crippen molar-refractivity contribution in [2.24, 2.45) is 33.8 Å². The molecule has 0 aliphatic rings. The van der Waals surface area contributed by atoms with Crippen LogP contribution in [0.5, 0.6) is 0 Å². The van der Waals surface area contributed by atoms with Crippen molar-refractivity contribution >= 4 is 77.8 Å². The Bertz CT molecular complexity index is 1700. The van der Waals surface area contributed by atoms with Gasteiger partial charge in [0.2, 0.25) is 47.3 Å². The maximum atomic E-state index is 13.8. The van der Waals surface area contributed by atoms with E-state index in [-0.39, 0.29) is 44.1 Å². The third-order valence-electron chi connectivity index (χ3n) is 9.58. The summed E-state index contributed by atoms with van der Waals surface area (Å²) in [5.74, 6) is -11.3. The Balaban J connectivity index is 6.19. The second-order valence-electron chi connectivity index (χ2n) is 15.6. The number of aliphatic imine (C=N–C) groups is 1. The van der Waals surface area contributed by atoms with Crippen molar-refractivity contribution < 1.29 is 68.4 Å². The van der Waals surface area contributed by atoms with Crippen molar-refractivity contribution in [2.45, 2.75) is 140 Å². The Morgan fingerprint density at radius 1 is 0.576 bits per heavy atom. The number of nitrogens with zero attached hydrogens (tertiary/aromatic N) is 1. The molecule has 376 valence electrons. The molecule has 27 nitrogen and oxygen atoms in total. The van der Waals surface area contributed by atoms with E-state index in [0.717, 1.165) is 0 Å². The van der Waals surface area contributed by atoms with Crippen LogP contribution in [-0.2, 0) is 47.9 Å². The molecule has 0 saturated heterocycles. The number of carboxylic acid groups (broad SMARTS) is 2. The number of hydrogen-bond acceptors (Lipinski definition) is 16. The molecule has 0 bridgehead atoms. The lowest BCUT2D eigenvalue weighted by Crippen LogP contribution is -2.62. The van der Waals surface area contributed by atoms with E-state index in [4.69, 9.17) is 33.1 Å². The van der Waals surface area contributed by atoms with E-state index in [1.807, 2.05) is 0 Å². The number of hydrogen-bond donors (Lipinski definition) is 17. The van der Waals surface area contributed by atoms with Gasteiger partial charge >= 0.3 is 11.9 Å². The molecule has 0 aromatic rings. The van der Waals surface area contributed by atoms with Crippen LogP contribution < -0.4 is 65.5 Å². The normalized spacial score (nSPS) is 15.6. The number of aliphatic hydroxyl groups is 2. The molecule has 0 aliphatic carbocycles. The van der Waals surface area contributed by atoms with Gasteiger partial charge in [0.05, 0.1) is 12.7 Å². The number of guanidine groups is 1. The van der Waals surface area contributed by atoms with Gasteiger partial charge in [-0.15, -0.1) is 0 Å². The second kappa shape index (κ2) is 31.1. The minimum atomic E-state index is -1.73. The van der Waals surface area contributed by atoms with E-state index >= 15 is 0 Å². The van der Waals surface area contributed by atoms with Gasteiger partial charge in [-0.3, -0.25) is 48.1 Å². The van der Waals surface area contributed by atoms with Gasteiger partial charge < -0.3 is 85.9 Å². The first-order valence-corrected chi connectivity index (χ1v) is 21.7. The number of rotatable bonds is 32. The summed E-state index contributed by atoms with van der Waals surface area (Å²) in [6.07, 6.45) is -1.70. The van der Waals surface area contributed by atoms with E-state index in [0.29, 0.717) is 12.8 Å². The maximum absolute atomic E-state index is 13.8. The third-order valence-corrected chi connectivity index (χ3v) is 9.95. The SMILES string of the molecule is CC(C)[C@H](NC(=O)[C@@H](NC(=O)[C@H](CCCN=C(N)N)NC(=O)[C@H](C)NC(=O)[C@H](C)NC(=O)[C@H](CCC(=O)O)NC(=O)[C@@H](N)CO)[C@@H](C)O)C(=O)N[C@@H](CCCCN)C(=O)N[C@@H](CS)C(=O)O. The number of nitrogens with one attached hydrogen (secondary N) is 8. The van der Waals surface area contributed by atoms with Gasteiger partial charge in [-0.05, 0) is 71.8 Å². The molecule has 28 heteroatoms. The summed E-state index contributed by atoms with van der Waals surface area (Å²) >= 11 is 3.94. The third kappa shape index (κ3) is 22.9. The molecule has 0 aromatic heterocycles. The summed E-state index contributed by atoms with van der Waals surface area (Å²) in [5.41, 5.74) is 21.8. The number of thiol groups is 1. The zero-order valence-electron chi connectivity index (χ0n) is 37.7. The zero-order chi connectivity index (χ0) is 50.8. The first-order valence-electron chi connectivity index (χ1n) is 21.1. The number of aliphatic hydroxyl groups excluding tert-OH is 2. The second-order valence-corrected chi connectivity index (χ2v) is 16.0. The Kier molecular flexibility index (Phi) is 28.4. The molecule has 66 heavy (non-hydrogen) atoms. The molecule has 0 rings (SSSR count). The number of carboxylic acids is 2. The van der Waals surface area contributed by atoms with Crippen LogP contribution in [0.15, 0.2) is 4.99 Å². The molecule has 0 spiro atoms. The fourth-order valence-electron chi connectivity index (χ4n) is 5.67. The minimum Gasteiger partial charge on any atom is -0.481 e. The van der Waals surface area contributed by atoms with E-state index in [9.17, 15) is 58.2 Å². The number of carbonyl (C=O) groups is 10. The Morgan fingerprint density at radius 3 is 1.50 bits per heavy atom. The largest absolute Gasteiger partial charge is 0.481 e. The molecule has 0 saturated carbocycles. The average Bonchev–Trinajstić information content (AvgIpc) is 3.24. The van der Waals surface area contributed by atoms with Gasteiger partial charge in [0.1, 0.15) is 54.4 Å². The van der Waals surface area contributed by atoms with E-state index < -0.39 is 145 Å². The first-order chi connectivity index (χ1) is 30.8. The monoisotopic (exact) mass is 963 g/mol. The number of unbranched alkanes of at least 4 members (excludes halogenated alkanes) is 1. The highest BCUT2D eigenvalue weighted by atomic mass is 32.1. The minimum absolute atomic E-state index is 0.00627. The first kappa shape index (κ1) is 60.2. The molecule has 0 aromatic carbocycles. The Labute approximate surface area is 387 Å². The molecule has 20 N–H and O–H groups in total. The van der Waals surface area contributed by atoms with Crippen LogP contribution in [-0.4, -0.2) is 172 Å². The van der Waals surface area contributed by atoms with Crippen LogP contribution in [0.4, 0.5) is 0 Å². The van der Waals surface area contributed by atoms with Gasteiger partial charge in [-0.2, -0.15) is 12.6 Å². The quantitative estimate of drug-likeness (QED) is 0.0129. The molecule has 0 radical (unpaired) electrons. The van der Waals surface area contributed by atoms with Crippen molar-refractivity contribution in [2.75, 3.05) is 25.4 Å². The van der Waals surface area contributed by atoms with Crippen LogP contribution >= 0.6 is 12.6 Å². The van der Waals surface area contributed by atoms with Crippen LogP contribution in [0.2, 0.25) is 0 Å². The summed E-state index contributed by atoms with van der Waals surface area (Å²) in [5, 5.41) is 57.2. The highest BCUT2D eigenvalue weighted by molar-refractivity contribution is 7.80. The van der Waals surface area contributed by atoms with Gasteiger partial charge in [-0.1, -0.05) is 13.8 Å². The summed E-state index contributed by atoms with van der Waals surface area (Å²) in [4.78, 5) is 132. The summed E-state index contributed by atoms with van der Waals surface area (Å²) in [6.45, 7) is 6.27. The topological polar surface area (TPSA) is 464 Å². The molecule has 0 heterocycles. The standard InChI is InChI=1S/C38H69N13O14S/c1-17(2)27(35(62)48-22(9-6-7-13-39)33(60)49-25(16-66)37(64)65)50-36(63)28(20(5)53)51-34(61)23(10-8-14-43-38(41)42)46-30(57)19(4)44-29(56)18(3)45-32(59)24(11-12-26(54)55)47-31(58)21(40)15-52/h17-25,27-28,52-53,66H,6-16,39-40H2,1-5H3,(H,44,56)(H,45,59)(H,46,57)(H,47,58)(H,48,62)(H,49,60)(H,50,63)(H,51,61)(H,54,55)(H,64,65)(H4,41,42,43)/t18-,19-,20+,21-,22-,23-,24-,25-,27-,28-/m0/s1. The lowest BCUT2D eigenvalue weighted by atomic mass is 10.0. The van der Waals surface area contributed by atoms with Crippen molar-refractivity contribution in [3.63, 3.8) is 0 Å². The summed E-state index contributed by atoms with van der Waals surface area (Å²) in [6, 6.07) is -12.8. The molecule has 0 aliphatic heterocycles. The van der Waals surface area contributed by atoms with Crippen molar-refractivity contribution in [1.82, 2.24) is 42.5 Å². The van der Waals surface area contributed by atoms with Crippen molar-refractivity contribution in [3.05, 3.63) is 0 Å². The van der Waals surface area contributed by atoms with E-state index in [1.165, 1.54) is 20.8 Å². The number of aliphatic carboxylic acids is 2. The van der Waals surface area contributed by atoms with E-state index in [1.54, 1.807) is 13.8 Å². The fourth-order valence-corrected chi connectivity index (χ4v) is 5.92. The van der Waals surface area contributed by atoms with Crippen LogP contribution in [0.1, 0.15) is 79.6 Å². The smallest absolute Gasteiger partial charge is 0.327 e. The van der Waals surface area contributed by atoms with Crippen LogP contribution in [0.25, 0.3) is 0 Å². The maximum Gasteiger partial charge on any atom is 0.327 e. The predicted octanol–water partition coefficient (Wildman–Crippen LogP) is -6.68. The number of nitrogens with two attached hydrogens (primary N) is 4. The van der Waals surface area contributed by atoms with Crippen molar-refractivity contribution in [3.8, 4) is 0 Å². The van der Waals surface area contributed by atoms with Gasteiger partial charge in [0, 0.05) is 18.7 Å². The number of carbonyl (C=O) groups excluding carboxylic acids is 8. The number of amides is 8. The Morgan fingerprint density at radius 2 is 1.02 bits per heavy atom. The molecule has 0 unspecified atom stereocenters. The van der Waals surface area contributed by atoms with E-state index in [2.05, 4.69) is 60.2 Å². The zero-order valence-corrected chi connectivity index (χ0v) is 38.6. The van der Waals surface area contributed by atoms with Crippen LogP contribution in [0, 0.1) is 5.92 Å². The molecular weight excluding hydrogens is 895 g/mol. The highest BCUT2D eigenvalue weighted by Gasteiger charge is 2.36. The molecule has 10 atom stereocenters. The highest BCUT2D eigenvalue weighted by Crippen LogP contribution is 2.09. The van der Waals surface area contributed by atoms with Gasteiger partial charge in [-0.25, -0.2) is 4.79 Å². The summed E-state index contributed by atoms with van der Waals surface area (Å²) in [7, 11) is 0. The fraction of sp³-hybridized carbons (Fsp3) is 0.711. The molecule has 8 amide bonds. The lowest BCUT2D eigenvalue weighted by molar-refractivity contribution is -0.142. The van der Waals surface area contributed by atoms with Crippen molar-refractivity contribution in [1.29, 1.82) is 0 Å².